The second-order valence-electron chi connectivity index (χ2n) is 8.57. The zero-order valence-electron chi connectivity index (χ0n) is 20.0. The van der Waals surface area contributed by atoms with Crippen LogP contribution in [0.25, 0.3) is 10.6 Å². The van der Waals surface area contributed by atoms with Gasteiger partial charge in [-0.05, 0) is 79.1 Å². The average Bonchev–Trinajstić information content (AvgIpc) is 3.51. The summed E-state index contributed by atoms with van der Waals surface area (Å²) in [6.45, 7) is 5.68. The van der Waals surface area contributed by atoms with Gasteiger partial charge in [-0.25, -0.2) is 4.98 Å². The Morgan fingerprint density at radius 2 is 2.00 bits per heavy atom. The van der Waals surface area contributed by atoms with Gasteiger partial charge < -0.3 is 14.2 Å². The van der Waals surface area contributed by atoms with Gasteiger partial charge in [0.15, 0.2) is 0 Å². The molecule has 0 bridgehead atoms. The molecule has 0 amide bonds. The number of rotatable bonds is 12. The van der Waals surface area contributed by atoms with E-state index in [4.69, 9.17) is 14.2 Å². The lowest BCUT2D eigenvalue weighted by Crippen LogP contribution is -2.08. The van der Waals surface area contributed by atoms with Crippen molar-refractivity contribution < 1.29 is 19.0 Å². The molecule has 2 aromatic carbocycles. The van der Waals surface area contributed by atoms with Gasteiger partial charge in [-0.15, -0.1) is 11.3 Å². The minimum atomic E-state index is -0.111. The van der Waals surface area contributed by atoms with Crippen LogP contribution in [-0.2, 0) is 22.4 Å². The Hall–Kier alpha value is -2.86. The maximum atomic E-state index is 11.8. The lowest BCUT2D eigenvalue weighted by atomic mass is 9.98. The third kappa shape index (κ3) is 6.17. The Morgan fingerprint density at radius 3 is 2.79 bits per heavy atom. The first-order valence-electron chi connectivity index (χ1n) is 12.2. The minimum absolute atomic E-state index is 0.111. The molecule has 1 heterocycles. The molecule has 1 aliphatic carbocycles. The van der Waals surface area contributed by atoms with E-state index >= 15 is 0 Å². The fourth-order valence-corrected chi connectivity index (χ4v) is 5.16. The number of ether oxygens (including phenoxy) is 3. The number of fused-ring (bicyclic) bond motifs is 1. The molecule has 3 aromatic rings. The summed E-state index contributed by atoms with van der Waals surface area (Å²) in [5, 5.41) is 3.04. The normalized spacial score (nSPS) is 14.6. The molecule has 180 valence electrons. The molecule has 34 heavy (non-hydrogen) atoms. The molecule has 1 atom stereocenters. The first-order valence-corrected chi connectivity index (χ1v) is 13.1. The summed E-state index contributed by atoms with van der Waals surface area (Å²) in [5.74, 6) is 1.98. The van der Waals surface area contributed by atoms with Crippen molar-refractivity contribution in [1.82, 2.24) is 4.98 Å². The van der Waals surface area contributed by atoms with Crippen molar-refractivity contribution in [3.63, 3.8) is 0 Å². The number of hydrogen-bond acceptors (Lipinski definition) is 6. The van der Waals surface area contributed by atoms with Crippen LogP contribution < -0.4 is 9.47 Å². The summed E-state index contributed by atoms with van der Waals surface area (Å²) in [6.07, 6.45) is 7.14. The number of aryl methyl sites for hydroxylation is 2. The number of thiazole rings is 1. The largest absolute Gasteiger partial charge is 0.493 e. The highest BCUT2D eigenvalue weighted by atomic mass is 32.1. The number of hydrogen-bond donors (Lipinski definition) is 0. The first-order chi connectivity index (χ1) is 16.7. The highest BCUT2D eigenvalue weighted by molar-refractivity contribution is 7.13. The van der Waals surface area contributed by atoms with Crippen LogP contribution in [0, 0.1) is 0 Å². The number of benzene rings is 2. The van der Waals surface area contributed by atoms with Gasteiger partial charge in [-0.1, -0.05) is 19.4 Å². The van der Waals surface area contributed by atoms with E-state index < -0.39 is 0 Å². The SMILES string of the molecule is CCCc1cc(-c2nccs2)ccc1OCCCOc1ccc2c(c1)CC[C@H]2CC(=O)OCC. The van der Waals surface area contributed by atoms with Crippen LogP contribution in [0.4, 0.5) is 0 Å². The number of carbonyl (C=O) groups excluding carboxylic acids is 1. The van der Waals surface area contributed by atoms with Crippen LogP contribution in [-0.4, -0.2) is 30.8 Å². The van der Waals surface area contributed by atoms with Gasteiger partial charge in [0.1, 0.15) is 16.5 Å². The third-order valence-electron chi connectivity index (χ3n) is 6.11. The maximum absolute atomic E-state index is 11.8. The van der Waals surface area contributed by atoms with E-state index in [2.05, 4.69) is 42.2 Å². The van der Waals surface area contributed by atoms with E-state index in [0.717, 1.165) is 54.2 Å². The Kier molecular flexibility index (Phi) is 8.58. The quantitative estimate of drug-likeness (QED) is 0.217. The van der Waals surface area contributed by atoms with Crippen molar-refractivity contribution in [2.45, 2.75) is 58.3 Å². The van der Waals surface area contributed by atoms with E-state index in [1.165, 1.54) is 16.7 Å². The molecule has 0 N–H and O–H groups in total. The summed E-state index contributed by atoms with van der Waals surface area (Å²) in [5.41, 5.74) is 4.92. The van der Waals surface area contributed by atoms with E-state index in [1.54, 1.807) is 11.3 Å². The summed E-state index contributed by atoms with van der Waals surface area (Å²) in [4.78, 5) is 16.3. The molecule has 5 nitrogen and oxygen atoms in total. The van der Waals surface area contributed by atoms with Crippen molar-refractivity contribution >= 4 is 17.3 Å². The Balaban J connectivity index is 1.25. The molecule has 0 spiro atoms. The fourth-order valence-electron chi connectivity index (χ4n) is 4.52. The van der Waals surface area contributed by atoms with E-state index in [9.17, 15) is 4.79 Å². The van der Waals surface area contributed by atoms with E-state index in [-0.39, 0.29) is 11.9 Å². The van der Waals surface area contributed by atoms with Crippen LogP contribution in [0.15, 0.2) is 48.0 Å². The van der Waals surface area contributed by atoms with Crippen molar-refractivity contribution in [3.05, 3.63) is 64.7 Å². The van der Waals surface area contributed by atoms with Crippen LogP contribution in [0.2, 0.25) is 0 Å². The molecule has 0 unspecified atom stereocenters. The predicted octanol–water partition coefficient (Wildman–Crippen LogP) is 6.59. The Morgan fingerprint density at radius 1 is 1.12 bits per heavy atom. The van der Waals surface area contributed by atoms with E-state index in [0.29, 0.717) is 26.2 Å². The number of aromatic nitrogens is 1. The molecule has 1 aliphatic rings. The molecule has 6 heteroatoms. The number of esters is 1. The Bertz CT molecular complexity index is 1080. The molecule has 0 radical (unpaired) electrons. The third-order valence-corrected chi connectivity index (χ3v) is 6.93. The first kappa shape index (κ1) is 24.3. The van der Waals surface area contributed by atoms with Crippen molar-refractivity contribution in [1.29, 1.82) is 0 Å². The second kappa shape index (κ2) is 12.0. The van der Waals surface area contributed by atoms with Crippen molar-refractivity contribution in [2.24, 2.45) is 0 Å². The minimum Gasteiger partial charge on any atom is -0.493 e. The monoisotopic (exact) mass is 479 g/mol. The molecule has 1 aromatic heterocycles. The van der Waals surface area contributed by atoms with Crippen LogP contribution in [0.1, 0.15) is 62.1 Å². The van der Waals surface area contributed by atoms with Gasteiger partial charge in [0.2, 0.25) is 0 Å². The summed E-state index contributed by atoms with van der Waals surface area (Å²) in [7, 11) is 0. The zero-order valence-corrected chi connectivity index (χ0v) is 20.9. The van der Waals surface area contributed by atoms with Crippen LogP contribution in [0.3, 0.4) is 0 Å². The molecule has 0 saturated carbocycles. The lowest BCUT2D eigenvalue weighted by molar-refractivity contribution is -0.143. The van der Waals surface area contributed by atoms with Gasteiger partial charge in [0.05, 0.1) is 26.2 Å². The number of nitrogens with zero attached hydrogens (tertiary/aromatic N) is 1. The predicted molar refractivity (Wildman–Crippen MR) is 136 cm³/mol. The molecule has 4 rings (SSSR count). The summed E-state index contributed by atoms with van der Waals surface area (Å²) in [6, 6.07) is 12.6. The van der Waals surface area contributed by atoms with Crippen LogP contribution >= 0.6 is 11.3 Å². The number of carbonyl (C=O) groups is 1. The molecule has 0 fully saturated rings. The van der Waals surface area contributed by atoms with Gasteiger partial charge in [-0.2, -0.15) is 0 Å². The van der Waals surface area contributed by atoms with Crippen molar-refractivity contribution in [2.75, 3.05) is 19.8 Å². The zero-order chi connectivity index (χ0) is 23.8. The van der Waals surface area contributed by atoms with Crippen molar-refractivity contribution in [3.8, 4) is 22.1 Å². The fraction of sp³-hybridized carbons (Fsp3) is 0.429. The smallest absolute Gasteiger partial charge is 0.306 e. The van der Waals surface area contributed by atoms with Gasteiger partial charge in [0, 0.05) is 23.6 Å². The standard InChI is InChI=1S/C28H33NO4S/c1-3-6-22-17-23(28-29-13-16-34-28)9-12-26(22)33-15-5-14-32-24-10-11-25-20(18-24)7-8-21(25)19-27(30)31-4-2/h9-13,16-18,21H,3-8,14-15,19H2,1-2H3/t21-/m0/s1. The maximum Gasteiger partial charge on any atom is 0.306 e. The lowest BCUT2D eigenvalue weighted by Gasteiger charge is -2.14. The molecule has 0 aliphatic heterocycles. The van der Waals surface area contributed by atoms with Gasteiger partial charge in [0.25, 0.3) is 0 Å². The van der Waals surface area contributed by atoms with E-state index in [1.807, 2.05) is 24.6 Å². The summed E-state index contributed by atoms with van der Waals surface area (Å²) < 4.78 is 17.2. The van der Waals surface area contributed by atoms with Crippen LogP contribution in [0.5, 0.6) is 11.5 Å². The highest BCUT2D eigenvalue weighted by Gasteiger charge is 2.25. The topological polar surface area (TPSA) is 57.7 Å². The van der Waals surface area contributed by atoms with Gasteiger partial charge in [-0.3, -0.25) is 4.79 Å². The Labute approximate surface area is 206 Å². The van der Waals surface area contributed by atoms with Gasteiger partial charge >= 0.3 is 5.97 Å². The highest BCUT2D eigenvalue weighted by Crippen LogP contribution is 2.37. The molecular weight excluding hydrogens is 446 g/mol. The second-order valence-corrected chi connectivity index (χ2v) is 9.46. The summed E-state index contributed by atoms with van der Waals surface area (Å²) >= 11 is 1.65. The average molecular weight is 480 g/mol. The molecular formula is C28H33NO4S. The molecule has 0 saturated heterocycles.